The van der Waals surface area contributed by atoms with Gasteiger partial charge in [0.15, 0.2) is 0 Å². The van der Waals surface area contributed by atoms with Crippen LogP contribution in [0.1, 0.15) is 48.0 Å². The Morgan fingerprint density at radius 2 is 1.57 bits per heavy atom. The number of methoxy groups -OCH3 is 1. The van der Waals surface area contributed by atoms with Crippen LogP contribution in [0.3, 0.4) is 0 Å². The van der Waals surface area contributed by atoms with Crippen molar-refractivity contribution in [3.05, 3.63) is 88.9 Å². The Morgan fingerprint density at radius 1 is 0.943 bits per heavy atom. The van der Waals surface area contributed by atoms with Gasteiger partial charge in [-0.1, -0.05) is 55.1 Å². The molecule has 5 nitrogen and oxygen atoms in total. The van der Waals surface area contributed by atoms with Crippen molar-refractivity contribution >= 4 is 28.9 Å². The minimum absolute atomic E-state index is 0.150. The van der Waals surface area contributed by atoms with Crippen molar-refractivity contribution in [2.45, 2.75) is 37.8 Å². The maximum Gasteiger partial charge on any atom is 0.337 e. The smallest absolute Gasteiger partial charge is 0.337 e. The van der Waals surface area contributed by atoms with Gasteiger partial charge in [0.05, 0.1) is 30.7 Å². The molecule has 0 spiro atoms. The number of carbonyl (C=O) groups excluding carboxylic acids is 1. The molecule has 2 N–H and O–H groups in total. The maximum atomic E-state index is 11.8. The largest absolute Gasteiger partial charge is 0.493 e. The summed E-state index contributed by atoms with van der Waals surface area (Å²) in [6.07, 6.45) is 6.10. The van der Waals surface area contributed by atoms with Gasteiger partial charge in [0, 0.05) is 10.9 Å². The van der Waals surface area contributed by atoms with Crippen LogP contribution in [0, 0.1) is 11.8 Å². The second kappa shape index (κ2) is 10.2. The monoisotopic (exact) mass is 490 g/mol. The number of esters is 1. The third-order valence-electron chi connectivity index (χ3n) is 7.37. The highest BCUT2D eigenvalue weighted by atomic mass is 35.5. The third kappa shape index (κ3) is 4.83. The van der Waals surface area contributed by atoms with Gasteiger partial charge >= 0.3 is 5.97 Å². The van der Waals surface area contributed by atoms with Crippen molar-refractivity contribution in [2.75, 3.05) is 24.4 Å². The van der Waals surface area contributed by atoms with Gasteiger partial charge in [0.25, 0.3) is 0 Å². The van der Waals surface area contributed by atoms with Crippen LogP contribution in [0.2, 0.25) is 5.02 Å². The highest BCUT2D eigenvalue weighted by Crippen LogP contribution is 2.48. The Labute approximate surface area is 211 Å². The van der Waals surface area contributed by atoms with E-state index in [-0.39, 0.29) is 11.9 Å². The van der Waals surface area contributed by atoms with E-state index in [0.29, 0.717) is 18.1 Å². The lowest BCUT2D eigenvalue weighted by molar-refractivity contribution is 0.0600. The molecule has 182 valence electrons. The number of carbonyl (C=O) groups is 1. The molecule has 3 aromatic carbocycles. The average Bonchev–Trinajstić information content (AvgIpc) is 3.30. The van der Waals surface area contributed by atoms with E-state index in [1.165, 1.54) is 39.2 Å². The minimum Gasteiger partial charge on any atom is -0.493 e. The van der Waals surface area contributed by atoms with Crippen LogP contribution in [0.15, 0.2) is 72.8 Å². The summed E-state index contributed by atoms with van der Waals surface area (Å²) in [5, 5.41) is 8.43. The Kier molecular flexibility index (Phi) is 6.87. The molecule has 1 unspecified atom stereocenters. The first kappa shape index (κ1) is 23.6. The van der Waals surface area contributed by atoms with Crippen LogP contribution in [-0.4, -0.2) is 19.7 Å². The fraction of sp³-hybridized carbons (Fsp3) is 0.345. The van der Waals surface area contributed by atoms with E-state index in [1.807, 2.05) is 24.3 Å². The molecular weight excluding hydrogens is 460 g/mol. The molecule has 6 heteroatoms. The zero-order valence-electron chi connectivity index (χ0n) is 19.9. The number of halogens is 1. The van der Waals surface area contributed by atoms with Gasteiger partial charge in [-0.2, -0.15) is 0 Å². The summed E-state index contributed by atoms with van der Waals surface area (Å²) in [6.45, 7) is 0.527. The highest BCUT2D eigenvalue weighted by molar-refractivity contribution is 6.30. The van der Waals surface area contributed by atoms with Crippen molar-refractivity contribution in [1.82, 2.24) is 0 Å². The molecule has 1 saturated carbocycles. The molecule has 1 aliphatic carbocycles. The van der Waals surface area contributed by atoms with Gasteiger partial charge in [0.1, 0.15) is 11.4 Å². The number of nitrogens with one attached hydrogen (secondary N) is 2. The molecule has 1 atom stereocenters. The summed E-state index contributed by atoms with van der Waals surface area (Å²) >= 11 is 6.27. The lowest BCUT2D eigenvalue weighted by atomic mass is 9.72. The number of hydrogen-bond donors (Lipinski definition) is 2. The molecule has 3 aromatic rings. The predicted octanol–water partition coefficient (Wildman–Crippen LogP) is 7.09. The molecule has 0 aromatic heterocycles. The van der Waals surface area contributed by atoms with E-state index in [2.05, 4.69) is 47.0 Å². The second-order valence-electron chi connectivity index (χ2n) is 9.44. The zero-order valence-corrected chi connectivity index (χ0v) is 20.7. The number of para-hydroxylation sites is 2. The van der Waals surface area contributed by atoms with E-state index in [4.69, 9.17) is 21.1 Å². The van der Waals surface area contributed by atoms with Gasteiger partial charge in [0.2, 0.25) is 0 Å². The normalized spacial score (nSPS) is 17.5. The maximum absolute atomic E-state index is 11.8. The number of anilines is 2. The lowest BCUT2D eigenvalue weighted by Gasteiger charge is -2.44. The molecule has 0 bridgehead atoms. The number of fused-ring (bicyclic) bond motifs is 1. The molecule has 1 heterocycles. The van der Waals surface area contributed by atoms with E-state index < -0.39 is 5.66 Å². The zero-order chi connectivity index (χ0) is 24.3. The van der Waals surface area contributed by atoms with Gasteiger partial charge in [-0.05, 0) is 72.9 Å². The van der Waals surface area contributed by atoms with Gasteiger partial charge in [-0.3, -0.25) is 0 Å². The average molecular weight is 491 g/mol. The van der Waals surface area contributed by atoms with Crippen LogP contribution >= 0.6 is 11.6 Å². The SMILES string of the molecule is COC(=O)c1ccc(OCC(C2CCCCC2)C2(c3ccc(Cl)cc3)Nc3ccccc3N2)cc1. The molecule has 0 amide bonds. The first-order chi connectivity index (χ1) is 17.1. The fourth-order valence-electron chi connectivity index (χ4n) is 5.56. The number of benzene rings is 3. The summed E-state index contributed by atoms with van der Waals surface area (Å²) in [6, 6.07) is 23.6. The number of hydrogen-bond acceptors (Lipinski definition) is 5. The summed E-state index contributed by atoms with van der Waals surface area (Å²) < 4.78 is 11.2. The molecule has 1 fully saturated rings. The quantitative estimate of drug-likeness (QED) is 0.346. The van der Waals surface area contributed by atoms with Crippen LogP contribution in [0.4, 0.5) is 11.4 Å². The van der Waals surface area contributed by atoms with Crippen molar-refractivity contribution in [2.24, 2.45) is 11.8 Å². The van der Waals surface area contributed by atoms with E-state index >= 15 is 0 Å². The van der Waals surface area contributed by atoms with E-state index in [9.17, 15) is 4.79 Å². The molecule has 0 saturated heterocycles. The van der Waals surface area contributed by atoms with Gasteiger partial charge < -0.3 is 20.1 Å². The van der Waals surface area contributed by atoms with Crippen LogP contribution in [0.25, 0.3) is 0 Å². The fourth-order valence-corrected chi connectivity index (χ4v) is 5.68. The van der Waals surface area contributed by atoms with E-state index in [0.717, 1.165) is 27.7 Å². The summed E-state index contributed by atoms with van der Waals surface area (Å²) in [5.41, 5.74) is 3.30. The Morgan fingerprint density at radius 3 is 2.17 bits per heavy atom. The van der Waals surface area contributed by atoms with Crippen LogP contribution in [0.5, 0.6) is 5.75 Å². The van der Waals surface area contributed by atoms with Gasteiger partial charge in [-0.15, -0.1) is 0 Å². The second-order valence-corrected chi connectivity index (χ2v) is 9.88. The third-order valence-corrected chi connectivity index (χ3v) is 7.62. The van der Waals surface area contributed by atoms with Crippen molar-refractivity contribution in [3.63, 3.8) is 0 Å². The Hall–Kier alpha value is -3.18. The number of rotatable bonds is 7. The first-order valence-electron chi connectivity index (χ1n) is 12.3. The van der Waals surface area contributed by atoms with Crippen molar-refractivity contribution in [3.8, 4) is 5.75 Å². The van der Waals surface area contributed by atoms with E-state index in [1.54, 1.807) is 12.1 Å². The molecular formula is C29H31ClN2O3. The topological polar surface area (TPSA) is 59.6 Å². The first-order valence-corrected chi connectivity index (χ1v) is 12.7. The molecule has 0 radical (unpaired) electrons. The predicted molar refractivity (Wildman–Crippen MR) is 140 cm³/mol. The summed E-state index contributed by atoms with van der Waals surface area (Å²) in [7, 11) is 1.39. The molecule has 1 aliphatic heterocycles. The lowest BCUT2D eigenvalue weighted by Crippen LogP contribution is -2.51. The summed E-state index contributed by atoms with van der Waals surface area (Å²) in [4.78, 5) is 11.8. The van der Waals surface area contributed by atoms with Crippen LogP contribution in [-0.2, 0) is 10.4 Å². The standard InChI is InChI=1S/C29H31ClN2O3/c1-34-28(33)21-11-17-24(18-12-21)35-19-25(20-7-3-2-4-8-20)29(22-13-15-23(30)16-14-22)31-26-9-5-6-10-27(26)32-29/h5-6,9-18,20,25,31-32H,2-4,7-8,19H2,1H3. The Balaban J connectivity index is 1.49. The minimum atomic E-state index is -0.526. The van der Waals surface area contributed by atoms with Crippen molar-refractivity contribution in [1.29, 1.82) is 0 Å². The van der Waals surface area contributed by atoms with Crippen molar-refractivity contribution < 1.29 is 14.3 Å². The molecule has 2 aliphatic rings. The van der Waals surface area contributed by atoms with Crippen LogP contribution < -0.4 is 15.4 Å². The Bertz CT molecular complexity index is 1130. The summed E-state index contributed by atoms with van der Waals surface area (Å²) in [5.74, 6) is 1.02. The molecule has 5 rings (SSSR count). The van der Waals surface area contributed by atoms with Gasteiger partial charge in [-0.25, -0.2) is 4.79 Å². The highest BCUT2D eigenvalue weighted by Gasteiger charge is 2.48. The molecule has 35 heavy (non-hydrogen) atoms. The number of ether oxygens (including phenoxy) is 2.